The van der Waals surface area contributed by atoms with Crippen LogP contribution in [0, 0.1) is 17.7 Å². The lowest BCUT2D eigenvalue weighted by atomic mass is 9.85. The Morgan fingerprint density at radius 2 is 1.58 bits per heavy atom. The Hall–Kier alpha value is -3.81. The highest BCUT2D eigenvalue weighted by molar-refractivity contribution is 6.05. The number of imide groups is 1. The van der Waals surface area contributed by atoms with Gasteiger partial charge in [0.05, 0.1) is 11.8 Å². The second-order valence-electron chi connectivity index (χ2n) is 9.20. The van der Waals surface area contributed by atoms with Gasteiger partial charge in [-0.2, -0.15) is 0 Å². The number of fused-ring (bicyclic) bond motifs is 1. The first-order valence-electron chi connectivity index (χ1n) is 12.2. The summed E-state index contributed by atoms with van der Waals surface area (Å²) in [5.41, 5.74) is 1.54. The quantitative estimate of drug-likeness (QED) is 0.432. The topological polar surface area (TPSA) is 86.8 Å². The fraction of sp³-hybridized carbons (Fsp3) is 0.357. The summed E-state index contributed by atoms with van der Waals surface area (Å²) in [6.07, 6.45) is 5.09. The van der Waals surface area contributed by atoms with Crippen LogP contribution in [-0.4, -0.2) is 53.1 Å². The van der Waals surface area contributed by atoms with Crippen molar-refractivity contribution in [2.45, 2.75) is 38.3 Å². The van der Waals surface area contributed by atoms with Crippen molar-refractivity contribution >= 4 is 23.6 Å². The van der Waals surface area contributed by atoms with E-state index in [-0.39, 0.29) is 61.4 Å². The maximum absolute atomic E-state index is 13.6. The Balaban J connectivity index is 1.55. The molecular formula is C28H30FN3O4. The van der Waals surface area contributed by atoms with Gasteiger partial charge in [0, 0.05) is 33.0 Å². The van der Waals surface area contributed by atoms with Gasteiger partial charge in [-0.05, 0) is 36.1 Å². The first kappa shape index (κ1) is 25.3. The third-order valence-electron chi connectivity index (χ3n) is 6.93. The van der Waals surface area contributed by atoms with Gasteiger partial charge in [-0.3, -0.25) is 24.1 Å². The summed E-state index contributed by atoms with van der Waals surface area (Å²) >= 11 is 0. The van der Waals surface area contributed by atoms with Crippen LogP contribution in [0.3, 0.4) is 0 Å². The van der Waals surface area contributed by atoms with Crippen molar-refractivity contribution in [3.63, 3.8) is 0 Å². The van der Waals surface area contributed by atoms with E-state index in [0.29, 0.717) is 18.4 Å². The summed E-state index contributed by atoms with van der Waals surface area (Å²) in [7, 11) is 1.51. The normalized spacial score (nSPS) is 19.7. The van der Waals surface area contributed by atoms with Crippen LogP contribution in [0.5, 0.6) is 0 Å². The molecule has 1 N–H and O–H groups in total. The maximum atomic E-state index is 13.6. The molecule has 36 heavy (non-hydrogen) atoms. The molecule has 3 atom stereocenters. The van der Waals surface area contributed by atoms with E-state index < -0.39 is 11.9 Å². The monoisotopic (exact) mass is 491 g/mol. The molecule has 0 aromatic heterocycles. The van der Waals surface area contributed by atoms with Crippen molar-refractivity contribution in [2.75, 3.05) is 13.6 Å². The third-order valence-corrected chi connectivity index (χ3v) is 6.93. The van der Waals surface area contributed by atoms with E-state index in [2.05, 4.69) is 5.32 Å². The summed E-state index contributed by atoms with van der Waals surface area (Å²) < 4.78 is 13.5. The molecule has 1 fully saturated rings. The number of allylic oxidation sites excluding steroid dienone is 2. The first-order valence-corrected chi connectivity index (χ1v) is 12.2. The molecule has 0 radical (unpaired) electrons. The zero-order chi connectivity index (χ0) is 25.7. The van der Waals surface area contributed by atoms with Crippen LogP contribution < -0.4 is 5.32 Å². The van der Waals surface area contributed by atoms with Gasteiger partial charge in [0.2, 0.25) is 23.6 Å². The summed E-state index contributed by atoms with van der Waals surface area (Å²) in [6.45, 7) is 0.0519. The van der Waals surface area contributed by atoms with Crippen LogP contribution in [0.1, 0.15) is 30.4 Å². The van der Waals surface area contributed by atoms with E-state index in [4.69, 9.17) is 0 Å². The number of nitrogens with one attached hydrogen (secondary N) is 1. The zero-order valence-corrected chi connectivity index (χ0v) is 20.2. The molecule has 2 aromatic carbocycles. The van der Waals surface area contributed by atoms with Crippen molar-refractivity contribution in [3.05, 3.63) is 83.7 Å². The molecule has 4 amide bonds. The molecule has 4 rings (SSSR count). The Morgan fingerprint density at radius 1 is 0.972 bits per heavy atom. The van der Waals surface area contributed by atoms with Crippen LogP contribution in [0.15, 0.2) is 66.7 Å². The second-order valence-corrected chi connectivity index (χ2v) is 9.20. The SMILES string of the molecule is CNC(=O)[C@H](Cc1ccccc1)N(Cc1ccc(F)cc1)C(=O)CCN1C(=O)[C@H]2CC=CC[C@H]2C1=O. The minimum absolute atomic E-state index is 0.0325. The highest BCUT2D eigenvalue weighted by atomic mass is 19.1. The Labute approximate surface area is 210 Å². The molecule has 2 aliphatic rings. The molecular weight excluding hydrogens is 461 g/mol. The highest BCUT2D eigenvalue weighted by Gasteiger charge is 2.47. The molecule has 1 heterocycles. The van der Waals surface area contributed by atoms with Gasteiger partial charge >= 0.3 is 0 Å². The molecule has 1 aliphatic heterocycles. The predicted molar refractivity (Wildman–Crippen MR) is 132 cm³/mol. The zero-order valence-electron chi connectivity index (χ0n) is 20.2. The number of rotatable bonds is 9. The second kappa shape index (κ2) is 11.3. The number of likely N-dealkylation sites (tertiary alicyclic amines) is 1. The van der Waals surface area contributed by atoms with Gasteiger partial charge in [-0.15, -0.1) is 0 Å². The number of hydrogen-bond donors (Lipinski definition) is 1. The fourth-order valence-corrected chi connectivity index (χ4v) is 4.95. The van der Waals surface area contributed by atoms with Crippen LogP contribution >= 0.6 is 0 Å². The summed E-state index contributed by atoms with van der Waals surface area (Å²) in [5.74, 6) is -2.28. The van der Waals surface area contributed by atoms with E-state index in [0.717, 1.165) is 5.56 Å². The van der Waals surface area contributed by atoms with Gasteiger partial charge in [-0.1, -0.05) is 54.6 Å². The minimum atomic E-state index is -0.827. The van der Waals surface area contributed by atoms with Crippen LogP contribution in [-0.2, 0) is 32.1 Å². The number of carbonyl (C=O) groups excluding carboxylic acids is 4. The van der Waals surface area contributed by atoms with Crippen LogP contribution in [0.2, 0.25) is 0 Å². The molecule has 188 valence electrons. The lowest BCUT2D eigenvalue weighted by Gasteiger charge is -2.31. The van der Waals surface area contributed by atoms with E-state index in [1.807, 2.05) is 42.5 Å². The summed E-state index contributed by atoms with van der Waals surface area (Å²) in [5, 5.41) is 2.64. The number of carbonyl (C=O) groups is 4. The van der Waals surface area contributed by atoms with Crippen molar-refractivity contribution < 1.29 is 23.6 Å². The number of hydrogen-bond acceptors (Lipinski definition) is 4. The summed E-state index contributed by atoms with van der Waals surface area (Å²) in [6, 6.07) is 14.3. The molecule has 0 saturated carbocycles. The van der Waals surface area contributed by atoms with Gasteiger partial charge in [0.15, 0.2) is 0 Å². The Kier molecular flexibility index (Phi) is 7.93. The number of likely N-dealkylation sites (N-methyl/N-ethyl adjacent to an activating group) is 1. The number of nitrogens with zero attached hydrogens (tertiary/aromatic N) is 2. The van der Waals surface area contributed by atoms with E-state index in [1.54, 1.807) is 12.1 Å². The standard InChI is InChI=1S/C28H30FN3O4/c1-30-26(34)24(17-19-7-3-2-4-8-19)32(18-20-11-13-21(29)14-12-20)25(33)15-16-31-27(35)22-9-5-6-10-23(22)28(31)36/h2-8,11-14,22-24H,9-10,15-18H2,1H3,(H,30,34)/t22-,23+,24-/m0/s1. The third kappa shape index (κ3) is 5.53. The van der Waals surface area contributed by atoms with E-state index >= 15 is 0 Å². The van der Waals surface area contributed by atoms with Crippen LogP contribution in [0.25, 0.3) is 0 Å². The van der Waals surface area contributed by atoms with Gasteiger partial charge in [0.25, 0.3) is 0 Å². The Bertz CT molecular complexity index is 1120. The molecule has 1 saturated heterocycles. The molecule has 7 nitrogen and oxygen atoms in total. The summed E-state index contributed by atoms with van der Waals surface area (Å²) in [4.78, 5) is 54.8. The molecule has 0 unspecified atom stereocenters. The average Bonchev–Trinajstić information content (AvgIpc) is 3.15. The molecule has 0 bridgehead atoms. The lowest BCUT2D eigenvalue weighted by Crippen LogP contribution is -2.50. The van der Waals surface area contributed by atoms with E-state index in [9.17, 15) is 23.6 Å². The maximum Gasteiger partial charge on any atom is 0.242 e. The van der Waals surface area contributed by atoms with Crippen molar-refractivity contribution in [2.24, 2.45) is 11.8 Å². The lowest BCUT2D eigenvalue weighted by molar-refractivity contribution is -0.144. The molecule has 1 aliphatic carbocycles. The van der Waals surface area contributed by atoms with E-state index in [1.165, 1.54) is 29.0 Å². The van der Waals surface area contributed by atoms with Gasteiger partial charge in [-0.25, -0.2) is 4.39 Å². The van der Waals surface area contributed by atoms with Crippen LogP contribution in [0.4, 0.5) is 4.39 Å². The average molecular weight is 492 g/mol. The Morgan fingerprint density at radius 3 is 2.17 bits per heavy atom. The fourth-order valence-electron chi connectivity index (χ4n) is 4.95. The first-order chi connectivity index (χ1) is 17.4. The van der Waals surface area contributed by atoms with Crippen molar-refractivity contribution in [1.82, 2.24) is 15.1 Å². The predicted octanol–water partition coefficient (Wildman–Crippen LogP) is 2.85. The largest absolute Gasteiger partial charge is 0.357 e. The highest BCUT2D eigenvalue weighted by Crippen LogP contribution is 2.35. The van der Waals surface area contributed by atoms with Crippen molar-refractivity contribution in [1.29, 1.82) is 0 Å². The van der Waals surface area contributed by atoms with Crippen molar-refractivity contribution in [3.8, 4) is 0 Å². The van der Waals surface area contributed by atoms with Gasteiger partial charge < -0.3 is 10.2 Å². The smallest absolute Gasteiger partial charge is 0.242 e. The molecule has 2 aromatic rings. The minimum Gasteiger partial charge on any atom is -0.357 e. The number of halogens is 1. The number of amides is 4. The van der Waals surface area contributed by atoms with Gasteiger partial charge in [0.1, 0.15) is 11.9 Å². The molecule has 8 heteroatoms. The molecule has 0 spiro atoms. The number of benzene rings is 2.